The minimum Gasteiger partial charge on any atom is -0.369 e. The molecule has 0 radical (unpaired) electrons. The van der Waals surface area contributed by atoms with Crippen LogP contribution in [0.3, 0.4) is 0 Å². The summed E-state index contributed by atoms with van der Waals surface area (Å²) in [5, 5.41) is 4.85. The van der Waals surface area contributed by atoms with E-state index in [9.17, 15) is 9.59 Å². The van der Waals surface area contributed by atoms with E-state index in [1.165, 1.54) is 0 Å². The number of amides is 2. The van der Waals surface area contributed by atoms with Gasteiger partial charge in [0.05, 0.1) is 0 Å². The Morgan fingerprint density at radius 2 is 1.81 bits per heavy atom. The lowest BCUT2D eigenvalue weighted by Crippen LogP contribution is -2.29. The second-order valence-electron chi connectivity index (χ2n) is 4.96. The van der Waals surface area contributed by atoms with Crippen molar-refractivity contribution in [2.75, 3.05) is 11.9 Å². The summed E-state index contributed by atoms with van der Waals surface area (Å²) >= 11 is 0. The van der Waals surface area contributed by atoms with Crippen LogP contribution in [0.25, 0.3) is 10.8 Å². The maximum atomic E-state index is 12.1. The van der Waals surface area contributed by atoms with Crippen LogP contribution in [0.2, 0.25) is 0 Å². The number of rotatable bonds is 6. The van der Waals surface area contributed by atoms with Crippen molar-refractivity contribution >= 4 is 28.3 Å². The minimum absolute atomic E-state index is 0.0513. The van der Waals surface area contributed by atoms with Gasteiger partial charge in [0.15, 0.2) is 0 Å². The number of carbonyl (C=O) groups is 2. The minimum atomic E-state index is -0.523. The molecule has 0 saturated carbocycles. The van der Waals surface area contributed by atoms with Crippen LogP contribution in [0.15, 0.2) is 42.5 Å². The van der Waals surface area contributed by atoms with Crippen molar-refractivity contribution in [3.8, 4) is 0 Å². The zero-order chi connectivity index (χ0) is 15.2. The van der Waals surface area contributed by atoms with Gasteiger partial charge < -0.3 is 16.8 Å². The Balaban J connectivity index is 2.13. The predicted molar refractivity (Wildman–Crippen MR) is 83.6 cm³/mol. The summed E-state index contributed by atoms with van der Waals surface area (Å²) in [7, 11) is 0. The number of hydrogen-bond donors (Lipinski definition) is 3. The molecule has 5 N–H and O–H groups in total. The molecular weight excluding hydrogens is 266 g/mol. The van der Waals surface area contributed by atoms with Gasteiger partial charge in [-0.2, -0.15) is 0 Å². The van der Waals surface area contributed by atoms with E-state index < -0.39 is 11.8 Å². The highest BCUT2D eigenvalue weighted by atomic mass is 16.2. The number of primary amides is 1. The SMILES string of the molecule is NCCC(CC(=O)Nc1cccc2ccccc12)C(N)=O. The van der Waals surface area contributed by atoms with Gasteiger partial charge >= 0.3 is 0 Å². The molecule has 2 aromatic rings. The molecule has 5 nitrogen and oxygen atoms in total. The van der Waals surface area contributed by atoms with Crippen LogP contribution >= 0.6 is 0 Å². The standard InChI is InChI=1S/C16H19N3O2/c17-9-8-12(16(18)21)10-15(20)19-14-7-3-5-11-4-1-2-6-13(11)14/h1-7,12H,8-10,17H2,(H2,18,21)(H,19,20). The van der Waals surface area contributed by atoms with Gasteiger partial charge in [0.2, 0.25) is 11.8 Å². The molecular formula is C16H19N3O2. The Morgan fingerprint density at radius 1 is 1.10 bits per heavy atom. The van der Waals surface area contributed by atoms with Crippen molar-refractivity contribution in [3.05, 3.63) is 42.5 Å². The first-order valence-electron chi connectivity index (χ1n) is 6.89. The van der Waals surface area contributed by atoms with Crippen LogP contribution in [0, 0.1) is 5.92 Å². The summed E-state index contributed by atoms with van der Waals surface area (Å²) in [5.41, 5.74) is 11.4. The van der Waals surface area contributed by atoms with Crippen molar-refractivity contribution < 1.29 is 9.59 Å². The Morgan fingerprint density at radius 3 is 2.52 bits per heavy atom. The monoisotopic (exact) mass is 285 g/mol. The summed E-state index contributed by atoms with van der Waals surface area (Å²) in [6.07, 6.45) is 0.466. The van der Waals surface area contributed by atoms with E-state index in [2.05, 4.69) is 5.32 Å². The van der Waals surface area contributed by atoms with Crippen molar-refractivity contribution in [2.24, 2.45) is 17.4 Å². The van der Waals surface area contributed by atoms with Crippen molar-refractivity contribution in [2.45, 2.75) is 12.8 Å². The third-order valence-electron chi connectivity index (χ3n) is 3.41. The molecule has 0 spiro atoms. The normalized spacial score (nSPS) is 12.0. The van der Waals surface area contributed by atoms with Crippen LogP contribution in [-0.4, -0.2) is 18.4 Å². The number of anilines is 1. The summed E-state index contributed by atoms with van der Waals surface area (Å²) in [4.78, 5) is 23.4. The van der Waals surface area contributed by atoms with Crippen LogP contribution < -0.4 is 16.8 Å². The first kappa shape index (κ1) is 15.0. The predicted octanol–water partition coefficient (Wildman–Crippen LogP) is 1.62. The number of carbonyl (C=O) groups excluding carboxylic acids is 2. The molecule has 2 aromatic carbocycles. The second kappa shape index (κ2) is 6.85. The Labute approximate surface area is 123 Å². The molecule has 21 heavy (non-hydrogen) atoms. The molecule has 1 unspecified atom stereocenters. The quantitative estimate of drug-likeness (QED) is 0.752. The van der Waals surface area contributed by atoms with E-state index in [4.69, 9.17) is 11.5 Å². The van der Waals surface area contributed by atoms with E-state index >= 15 is 0 Å². The van der Waals surface area contributed by atoms with Crippen LogP contribution in [0.5, 0.6) is 0 Å². The lowest BCUT2D eigenvalue weighted by molar-refractivity contribution is -0.126. The highest BCUT2D eigenvalue weighted by Crippen LogP contribution is 2.23. The third kappa shape index (κ3) is 3.79. The fourth-order valence-corrected chi connectivity index (χ4v) is 2.31. The molecule has 1 atom stereocenters. The van der Waals surface area contributed by atoms with Crippen molar-refractivity contribution in [1.82, 2.24) is 0 Å². The topological polar surface area (TPSA) is 98.2 Å². The summed E-state index contributed by atoms with van der Waals surface area (Å²) in [6, 6.07) is 13.5. The van der Waals surface area contributed by atoms with E-state index in [1.807, 2.05) is 42.5 Å². The van der Waals surface area contributed by atoms with Crippen LogP contribution in [0.1, 0.15) is 12.8 Å². The highest BCUT2D eigenvalue weighted by Gasteiger charge is 2.19. The van der Waals surface area contributed by atoms with Gasteiger partial charge in [0.25, 0.3) is 0 Å². The number of nitrogens with one attached hydrogen (secondary N) is 1. The maximum absolute atomic E-state index is 12.1. The van der Waals surface area contributed by atoms with Gasteiger partial charge in [-0.15, -0.1) is 0 Å². The third-order valence-corrected chi connectivity index (χ3v) is 3.41. The molecule has 2 rings (SSSR count). The van der Waals surface area contributed by atoms with E-state index in [-0.39, 0.29) is 12.3 Å². The molecule has 0 aliphatic rings. The van der Waals surface area contributed by atoms with E-state index in [0.29, 0.717) is 13.0 Å². The molecule has 5 heteroatoms. The molecule has 0 heterocycles. The van der Waals surface area contributed by atoms with Crippen molar-refractivity contribution in [1.29, 1.82) is 0 Å². The highest BCUT2D eigenvalue weighted by molar-refractivity contribution is 6.02. The zero-order valence-electron chi connectivity index (χ0n) is 11.7. The number of nitrogens with two attached hydrogens (primary N) is 2. The molecule has 0 fully saturated rings. The maximum Gasteiger partial charge on any atom is 0.225 e. The van der Waals surface area contributed by atoms with Gasteiger partial charge in [0.1, 0.15) is 0 Å². The van der Waals surface area contributed by atoms with Gasteiger partial charge in [-0.3, -0.25) is 9.59 Å². The lowest BCUT2D eigenvalue weighted by Gasteiger charge is -2.13. The first-order chi connectivity index (χ1) is 10.1. The van der Waals surface area contributed by atoms with E-state index in [0.717, 1.165) is 16.5 Å². The number of fused-ring (bicyclic) bond motifs is 1. The molecule has 0 aromatic heterocycles. The van der Waals surface area contributed by atoms with Gasteiger partial charge in [-0.05, 0) is 24.4 Å². The fraction of sp³-hybridized carbons (Fsp3) is 0.250. The van der Waals surface area contributed by atoms with Gasteiger partial charge in [-0.25, -0.2) is 0 Å². The fourth-order valence-electron chi connectivity index (χ4n) is 2.31. The van der Waals surface area contributed by atoms with Crippen molar-refractivity contribution in [3.63, 3.8) is 0 Å². The molecule has 0 bridgehead atoms. The summed E-state index contributed by atoms with van der Waals surface area (Å²) in [6.45, 7) is 0.329. The number of hydrogen-bond acceptors (Lipinski definition) is 3. The Kier molecular flexibility index (Phi) is 4.90. The average molecular weight is 285 g/mol. The zero-order valence-corrected chi connectivity index (χ0v) is 11.7. The first-order valence-corrected chi connectivity index (χ1v) is 6.89. The lowest BCUT2D eigenvalue weighted by atomic mass is 10.00. The molecule has 0 aliphatic carbocycles. The molecule has 2 amide bonds. The Bertz CT molecular complexity index is 650. The average Bonchev–Trinajstić information content (AvgIpc) is 2.47. The van der Waals surface area contributed by atoms with Gasteiger partial charge in [-0.1, -0.05) is 36.4 Å². The summed E-state index contributed by atoms with van der Waals surface area (Å²) in [5.74, 6) is -1.25. The molecule has 0 aliphatic heterocycles. The van der Waals surface area contributed by atoms with Gasteiger partial charge in [0, 0.05) is 23.4 Å². The molecule has 0 saturated heterocycles. The van der Waals surface area contributed by atoms with Crippen LogP contribution in [0.4, 0.5) is 5.69 Å². The largest absolute Gasteiger partial charge is 0.369 e. The number of benzene rings is 2. The summed E-state index contributed by atoms with van der Waals surface area (Å²) < 4.78 is 0. The Hall–Kier alpha value is -2.40. The second-order valence-corrected chi connectivity index (χ2v) is 4.96. The smallest absolute Gasteiger partial charge is 0.225 e. The van der Waals surface area contributed by atoms with E-state index in [1.54, 1.807) is 0 Å². The molecule has 110 valence electrons. The van der Waals surface area contributed by atoms with Crippen LogP contribution in [-0.2, 0) is 9.59 Å².